The van der Waals surface area contributed by atoms with E-state index >= 15 is 0 Å². The molecule has 1 saturated carbocycles. The van der Waals surface area contributed by atoms with Crippen molar-refractivity contribution in [2.75, 3.05) is 0 Å². The second-order valence-corrected chi connectivity index (χ2v) is 5.82. The highest BCUT2D eigenvalue weighted by Crippen LogP contribution is 2.43. The van der Waals surface area contributed by atoms with Crippen LogP contribution in [-0.2, 0) is 11.2 Å². The van der Waals surface area contributed by atoms with Gasteiger partial charge in [-0.1, -0.05) is 37.1 Å². The van der Waals surface area contributed by atoms with Crippen LogP contribution in [0.4, 0.5) is 0 Å². The van der Waals surface area contributed by atoms with Crippen LogP contribution >= 0.6 is 0 Å². The Hall–Kier alpha value is -1.31. The highest BCUT2D eigenvalue weighted by Gasteiger charge is 2.36. The van der Waals surface area contributed by atoms with Crippen LogP contribution in [0.2, 0.25) is 0 Å². The summed E-state index contributed by atoms with van der Waals surface area (Å²) >= 11 is 0. The third kappa shape index (κ3) is 2.05. The Morgan fingerprint density at radius 1 is 1.28 bits per heavy atom. The molecule has 18 heavy (non-hydrogen) atoms. The smallest absolute Gasteiger partial charge is 0.306 e. The van der Waals surface area contributed by atoms with Gasteiger partial charge in [-0.15, -0.1) is 0 Å². The second kappa shape index (κ2) is 4.75. The van der Waals surface area contributed by atoms with E-state index in [1.54, 1.807) is 0 Å². The van der Waals surface area contributed by atoms with Gasteiger partial charge in [0.05, 0.1) is 5.92 Å². The van der Waals surface area contributed by atoms with E-state index in [1.807, 2.05) is 0 Å². The average molecular weight is 244 g/mol. The van der Waals surface area contributed by atoms with Gasteiger partial charge < -0.3 is 5.11 Å². The lowest BCUT2D eigenvalue weighted by Crippen LogP contribution is -2.28. The lowest BCUT2D eigenvalue weighted by atomic mass is 9.71. The number of hydrogen-bond acceptors (Lipinski definition) is 1. The van der Waals surface area contributed by atoms with Crippen molar-refractivity contribution in [2.24, 2.45) is 11.8 Å². The first-order valence-electron chi connectivity index (χ1n) is 7.06. The molecule has 96 valence electrons. The quantitative estimate of drug-likeness (QED) is 0.878. The molecule has 1 N–H and O–H groups in total. The van der Waals surface area contributed by atoms with Gasteiger partial charge in [-0.05, 0) is 48.6 Å². The molecule has 3 rings (SSSR count). The van der Waals surface area contributed by atoms with Crippen molar-refractivity contribution in [3.05, 3.63) is 35.4 Å². The van der Waals surface area contributed by atoms with E-state index in [0.29, 0.717) is 11.8 Å². The maximum atomic E-state index is 11.5. The van der Waals surface area contributed by atoms with Crippen molar-refractivity contribution in [3.8, 4) is 0 Å². The molecule has 0 aliphatic heterocycles. The summed E-state index contributed by atoms with van der Waals surface area (Å²) in [7, 11) is 0. The third-order valence-electron chi connectivity index (χ3n) is 4.79. The lowest BCUT2D eigenvalue weighted by Gasteiger charge is -2.33. The van der Waals surface area contributed by atoms with Crippen LogP contribution < -0.4 is 0 Å². The molecular formula is C16H20O2. The van der Waals surface area contributed by atoms with Gasteiger partial charge >= 0.3 is 5.97 Å². The molecule has 2 unspecified atom stereocenters. The average Bonchev–Trinajstić information content (AvgIpc) is 2.83. The molecule has 0 saturated heterocycles. The minimum absolute atomic E-state index is 0.120. The Bertz CT molecular complexity index is 446. The van der Waals surface area contributed by atoms with Gasteiger partial charge in [0.15, 0.2) is 0 Å². The van der Waals surface area contributed by atoms with E-state index in [4.69, 9.17) is 0 Å². The maximum absolute atomic E-state index is 11.5. The van der Waals surface area contributed by atoms with Crippen LogP contribution in [0.3, 0.4) is 0 Å². The highest BCUT2D eigenvalue weighted by atomic mass is 16.4. The molecule has 0 amide bonds. The van der Waals surface area contributed by atoms with E-state index in [1.165, 1.54) is 24.0 Å². The molecule has 2 aliphatic rings. The summed E-state index contributed by atoms with van der Waals surface area (Å²) in [6.07, 6.45) is 6.59. The van der Waals surface area contributed by atoms with Crippen LogP contribution in [0.5, 0.6) is 0 Å². The molecule has 2 atom stereocenters. The highest BCUT2D eigenvalue weighted by molar-refractivity contribution is 5.70. The lowest BCUT2D eigenvalue weighted by molar-refractivity contribution is -0.144. The van der Waals surface area contributed by atoms with Gasteiger partial charge in [0.2, 0.25) is 0 Å². The van der Waals surface area contributed by atoms with Crippen LogP contribution in [0.25, 0.3) is 0 Å². The van der Waals surface area contributed by atoms with E-state index < -0.39 is 5.97 Å². The SMILES string of the molecule is O=C(O)C(CC1Cc2ccccc21)C1CCCC1. The summed E-state index contributed by atoms with van der Waals surface area (Å²) in [5.41, 5.74) is 2.81. The van der Waals surface area contributed by atoms with Crippen molar-refractivity contribution in [3.63, 3.8) is 0 Å². The minimum Gasteiger partial charge on any atom is -0.481 e. The molecular weight excluding hydrogens is 224 g/mol. The van der Waals surface area contributed by atoms with Crippen LogP contribution in [-0.4, -0.2) is 11.1 Å². The van der Waals surface area contributed by atoms with E-state index in [-0.39, 0.29) is 5.92 Å². The second-order valence-electron chi connectivity index (χ2n) is 5.82. The van der Waals surface area contributed by atoms with Crippen LogP contribution in [0.15, 0.2) is 24.3 Å². The summed E-state index contributed by atoms with van der Waals surface area (Å²) in [5.74, 6) is 0.218. The summed E-state index contributed by atoms with van der Waals surface area (Å²) in [6, 6.07) is 8.46. The van der Waals surface area contributed by atoms with E-state index in [0.717, 1.165) is 25.7 Å². The van der Waals surface area contributed by atoms with Crippen LogP contribution in [0.1, 0.15) is 49.1 Å². The van der Waals surface area contributed by atoms with Crippen molar-refractivity contribution in [1.29, 1.82) is 0 Å². The number of fused-ring (bicyclic) bond motifs is 1. The maximum Gasteiger partial charge on any atom is 0.306 e. The van der Waals surface area contributed by atoms with Gasteiger partial charge in [0.1, 0.15) is 0 Å². The van der Waals surface area contributed by atoms with Crippen molar-refractivity contribution in [2.45, 2.75) is 44.4 Å². The first kappa shape index (κ1) is 11.8. The molecule has 0 spiro atoms. The van der Waals surface area contributed by atoms with E-state index in [2.05, 4.69) is 24.3 Å². The zero-order valence-corrected chi connectivity index (χ0v) is 10.6. The number of benzene rings is 1. The summed E-state index contributed by atoms with van der Waals surface area (Å²) < 4.78 is 0. The Labute approximate surface area is 108 Å². The Kier molecular flexibility index (Phi) is 3.11. The summed E-state index contributed by atoms with van der Waals surface area (Å²) in [4.78, 5) is 11.5. The van der Waals surface area contributed by atoms with Crippen molar-refractivity contribution < 1.29 is 9.90 Å². The molecule has 0 radical (unpaired) electrons. The Morgan fingerprint density at radius 3 is 2.67 bits per heavy atom. The zero-order valence-electron chi connectivity index (χ0n) is 10.6. The van der Waals surface area contributed by atoms with Gasteiger partial charge in [0.25, 0.3) is 0 Å². The van der Waals surface area contributed by atoms with Gasteiger partial charge in [0, 0.05) is 0 Å². The van der Waals surface area contributed by atoms with E-state index in [9.17, 15) is 9.90 Å². The predicted octanol–water partition coefficient (Wildman–Crippen LogP) is 3.61. The number of carboxylic acid groups (broad SMARTS) is 1. The fourth-order valence-corrected chi connectivity index (χ4v) is 3.73. The monoisotopic (exact) mass is 244 g/mol. The molecule has 1 aromatic rings. The normalized spacial score (nSPS) is 24.3. The van der Waals surface area contributed by atoms with Crippen molar-refractivity contribution in [1.82, 2.24) is 0 Å². The molecule has 1 fully saturated rings. The minimum atomic E-state index is -0.578. The molecule has 0 bridgehead atoms. The predicted molar refractivity (Wildman–Crippen MR) is 70.6 cm³/mol. The summed E-state index contributed by atoms with van der Waals surface area (Å²) in [5, 5.41) is 9.45. The molecule has 2 nitrogen and oxygen atoms in total. The molecule has 0 heterocycles. The summed E-state index contributed by atoms with van der Waals surface area (Å²) in [6.45, 7) is 0. The molecule has 2 heteroatoms. The van der Waals surface area contributed by atoms with Gasteiger partial charge in [-0.3, -0.25) is 4.79 Å². The number of hydrogen-bond donors (Lipinski definition) is 1. The fraction of sp³-hybridized carbons (Fsp3) is 0.562. The fourth-order valence-electron chi connectivity index (χ4n) is 3.73. The topological polar surface area (TPSA) is 37.3 Å². The van der Waals surface area contributed by atoms with Gasteiger partial charge in [-0.2, -0.15) is 0 Å². The molecule has 0 aromatic heterocycles. The number of carboxylic acids is 1. The first-order chi connectivity index (χ1) is 8.75. The van der Waals surface area contributed by atoms with Crippen LogP contribution in [0, 0.1) is 11.8 Å². The standard InChI is InChI=1S/C16H20O2/c17-16(18)15(11-5-1-2-6-11)10-13-9-12-7-3-4-8-14(12)13/h3-4,7-8,11,13,15H,1-2,5-6,9-10H2,(H,17,18). The number of rotatable bonds is 4. The van der Waals surface area contributed by atoms with Crippen molar-refractivity contribution >= 4 is 5.97 Å². The van der Waals surface area contributed by atoms with Gasteiger partial charge in [-0.25, -0.2) is 0 Å². The Balaban J connectivity index is 1.69. The number of aliphatic carboxylic acids is 1. The third-order valence-corrected chi connectivity index (χ3v) is 4.79. The zero-order chi connectivity index (χ0) is 12.5. The molecule has 1 aromatic carbocycles. The number of carbonyl (C=O) groups is 1. The first-order valence-corrected chi connectivity index (χ1v) is 7.06. The molecule has 2 aliphatic carbocycles. The Morgan fingerprint density at radius 2 is 2.00 bits per heavy atom. The largest absolute Gasteiger partial charge is 0.481 e.